The van der Waals surface area contributed by atoms with Gasteiger partial charge in [0.15, 0.2) is 5.11 Å². The van der Waals surface area contributed by atoms with Gasteiger partial charge in [-0.25, -0.2) is 4.79 Å². The van der Waals surface area contributed by atoms with Crippen LogP contribution in [0.3, 0.4) is 0 Å². The first-order chi connectivity index (χ1) is 17.3. The van der Waals surface area contributed by atoms with Gasteiger partial charge in [-0.2, -0.15) is 0 Å². The maximum Gasteiger partial charge on any atom is 0.337 e. The van der Waals surface area contributed by atoms with Gasteiger partial charge in [0.2, 0.25) is 0 Å². The Hall–Kier alpha value is -3.97. The molecule has 0 aliphatic carbocycles. The highest BCUT2D eigenvalue weighted by Gasteiger charge is 2.42. The van der Waals surface area contributed by atoms with Crippen molar-refractivity contribution in [3.05, 3.63) is 112 Å². The number of anilines is 1. The lowest BCUT2D eigenvalue weighted by Crippen LogP contribution is -2.29. The first kappa shape index (κ1) is 23.8. The average Bonchev–Trinajstić information content (AvgIpc) is 3.34. The lowest BCUT2D eigenvalue weighted by Gasteiger charge is -2.29. The summed E-state index contributed by atoms with van der Waals surface area (Å²) in [5.74, 6) is -0.952. The maximum atomic E-state index is 12.0. The van der Waals surface area contributed by atoms with Gasteiger partial charge in [0.25, 0.3) is 0 Å². The Morgan fingerprint density at radius 1 is 0.972 bits per heavy atom. The van der Waals surface area contributed by atoms with Gasteiger partial charge in [-0.15, -0.1) is 0 Å². The molecule has 7 heteroatoms. The van der Waals surface area contributed by atoms with E-state index >= 15 is 0 Å². The molecule has 2 N–H and O–H groups in total. The molecule has 0 radical (unpaired) electrons. The standard InChI is InChI=1S/C29H28N4O2S/c1-17-13-18(2)15-21(14-17)33-27(26(31-29(33)36)24-10-7-8-12-30-24)23-16-19(3)32(20(23)4)25-11-6-5-9-22(25)28(34)35/h5-16,26-27H,1-4H3,(H,31,36)(H,34,35)/t26-,27+/m1/s1. The van der Waals surface area contributed by atoms with Crippen LogP contribution in [0.25, 0.3) is 5.69 Å². The largest absolute Gasteiger partial charge is 0.478 e. The Kier molecular flexibility index (Phi) is 6.10. The summed E-state index contributed by atoms with van der Waals surface area (Å²) in [7, 11) is 0. The number of hydrogen-bond donors (Lipinski definition) is 2. The quantitative estimate of drug-likeness (QED) is 0.331. The van der Waals surface area contributed by atoms with Crippen LogP contribution in [0.1, 0.15) is 56.2 Å². The van der Waals surface area contributed by atoms with Crippen molar-refractivity contribution in [3.8, 4) is 5.69 Å². The Labute approximate surface area is 216 Å². The van der Waals surface area contributed by atoms with Gasteiger partial charge in [-0.1, -0.05) is 24.3 Å². The van der Waals surface area contributed by atoms with Gasteiger partial charge < -0.3 is 19.9 Å². The van der Waals surface area contributed by atoms with Gasteiger partial charge in [-0.05, 0) is 99.1 Å². The van der Waals surface area contributed by atoms with Crippen molar-refractivity contribution in [2.75, 3.05) is 4.90 Å². The number of aromatic nitrogens is 2. The molecule has 4 aromatic rings. The molecule has 182 valence electrons. The van der Waals surface area contributed by atoms with Crippen molar-refractivity contribution in [3.63, 3.8) is 0 Å². The first-order valence-corrected chi connectivity index (χ1v) is 12.3. The summed E-state index contributed by atoms with van der Waals surface area (Å²) in [4.78, 5) is 18.8. The molecule has 2 aromatic carbocycles. The summed E-state index contributed by atoms with van der Waals surface area (Å²) < 4.78 is 2.02. The first-order valence-electron chi connectivity index (χ1n) is 11.9. The number of nitrogens with zero attached hydrogens (tertiary/aromatic N) is 3. The fourth-order valence-corrected chi connectivity index (χ4v) is 5.69. The number of pyridine rings is 1. The van der Waals surface area contributed by atoms with Crippen LogP contribution in [0.4, 0.5) is 5.69 Å². The van der Waals surface area contributed by atoms with Crippen LogP contribution in [-0.4, -0.2) is 25.7 Å². The summed E-state index contributed by atoms with van der Waals surface area (Å²) >= 11 is 5.90. The number of aromatic carboxylic acids is 1. The molecule has 0 bridgehead atoms. The van der Waals surface area contributed by atoms with Crippen LogP contribution in [0.5, 0.6) is 0 Å². The molecule has 0 saturated carbocycles. The second-order valence-corrected chi connectivity index (χ2v) is 9.71. The Bertz CT molecular complexity index is 1460. The Balaban J connectivity index is 1.72. The van der Waals surface area contributed by atoms with Crippen LogP contribution in [-0.2, 0) is 0 Å². The zero-order valence-corrected chi connectivity index (χ0v) is 21.5. The van der Waals surface area contributed by atoms with E-state index in [1.807, 2.05) is 48.7 Å². The van der Waals surface area contributed by atoms with E-state index in [2.05, 4.69) is 53.3 Å². The number of hydrogen-bond acceptors (Lipinski definition) is 3. The van der Waals surface area contributed by atoms with Gasteiger partial charge in [0.1, 0.15) is 0 Å². The van der Waals surface area contributed by atoms with Crippen LogP contribution >= 0.6 is 12.2 Å². The van der Waals surface area contributed by atoms with Crippen molar-refractivity contribution >= 4 is 29.0 Å². The van der Waals surface area contributed by atoms with Crippen molar-refractivity contribution in [2.45, 2.75) is 39.8 Å². The molecular weight excluding hydrogens is 468 g/mol. The minimum absolute atomic E-state index is 0.175. The lowest BCUT2D eigenvalue weighted by atomic mass is 9.96. The van der Waals surface area contributed by atoms with E-state index in [4.69, 9.17) is 12.2 Å². The fourth-order valence-electron chi connectivity index (χ4n) is 5.35. The molecule has 0 spiro atoms. The average molecular weight is 497 g/mol. The number of benzene rings is 2. The normalized spacial score (nSPS) is 17.3. The summed E-state index contributed by atoms with van der Waals surface area (Å²) in [5, 5.41) is 14.0. The summed E-state index contributed by atoms with van der Waals surface area (Å²) in [6.45, 7) is 8.22. The van der Waals surface area contributed by atoms with E-state index in [9.17, 15) is 9.90 Å². The number of nitrogens with one attached hydrogen (secondary N) is 1. The summed E-state index contributed by atoms with van der Waals surface area (Å²) in [6, 6.07) is 21.2. The predicted octanol–water partition coefficient (Wildman–Crippen LogP) is 5.98. The Morgan fingerprint density at radius 2 is 1.67 bits per heavy atom. The zero-order chi connectivity index (χ0) is 25.6. The molecule has 36 heavy (non-hydrogen) atoms. The second kappa shape index (κ2) is 9.24. The third kappa shape index (κ3) is 4.05. The third-order valence-electron chi connectivity index (χ3n) is 6.75. The maximum absolute atomic E-state index is 12.0. The van der Waals surface area contributed by atoms with Crippen LogP contribution < -0.4 is 10.2 Å². The van der Waals surface area contributed by atoms with E-state index in [0.29, 0.717) is 10.8 Å². The van der Waals surface area contributed by atoms with Crippen LogP contribution in [0, 0.1) is 27.7 Å². The lowest BCUT2D eigenvalue weighted by molar-refractivity contribution is 0.0697. The monoisotopic (exact) mass is 496 g/mol. The smallest absolute Gasteiger partial charge is 0.337 e. The highest BCUT2D eigenvalue weighted by Crippen LogP contribution is 2.44. The third-order valence-corrected chi connectivity index (χ3v) is 7.06. The minimum Gasteiger partial charge on any atom is -0.478 e. The summed E-state index contributed by atoms with van der Waals surface area (Å²) in [6.07, 6.45) is 1.79. The Morgan fingerprint density at radius 3 is 2.33 bits per heavy atom. The molecule has 6 nitrogen and oxygen atoms in total. The zero-order valence-electron chi connectivity index (χ0n) is 20.7. The van der Waals surface area contributed by atoms with Gasteiger partial charge in [0.05, 0.1) is 29.0 Å². The molecule has 1 saturated heterocycles. The van der Waals surface area contributed by atoms with Crippen molar-refractivity contribution in [1.82, 2.24) is 14.9 Å². The van der Waals surface area contributed by atoms with Crippen molar-refractivity contribution in [2.24, 2.45) is 0 Å². The molecule has 1 aliphatic heterocycles. The molecule has 3 heterocycles. The molecule has 5 rings (SSSR count). The molecule has 1 fully saturated rings. The van der Waals surface area contributed by atoms with Gasteiger partial charge >= 0.3 is 5.97 Å². The van der Waals surface area contributed by atoms with Gasteiger partial charge in [-0.3, -0.25) is 4.98 Å². The number of carboxylic acids is 1. The SMILES string of the molecule is Cc1cc(C)cc(N2C(=S)N[C@H](c3ccccn3)[C@@H]2c2cc(C)n(-c3ccccc3C(=O)O)c2C)c1. The van der Waals surface area contributed by atoms with Crippen LogP contribution in [0.15, 0.2) is 72.9 Å². The van der Waals surface area contributed by atoms with E-state index in [1.165, 1.54) is 0 Å². The molecule has 2 atom stereocenters. The predicted molar refractivity (Wildman–Crippen MR) is 146 cm³/mol. The molecule has 2 aromatic heterocycles. The van der Waals surface area contributed by atoms with Gasteiger partial charge in [0, 0.05) is 23.3 Å². The number of para-hydroxylation sites is 1. The molecule has 1 aliphatic rings. The highest BCUT2D eigenvalue weighted by atomic mass is 32.1. The van der Waals surface area contributed by atoms with E-state index in [1.54, 1.807) is 18.3 Å². The minimum atomic E-state index is -0.952. The fraction of sp³-hybridized carbons (Fsp3) is 0.207. The van der Waals surface area contributed by atoms with E-state index < -0.39 is 5.97 Å². The second-order valence-electron chi connectivity index (χ2n) is 9.33. The summed E-state index contributed by atoms with van der Waals surface area (Å²) in [5.41, 5.74) is 8.13. The molecule has 0 amide bonds. The van der Waals surface area contributed by atoms with Crippen molar-refractivity contribution < 1.29 is 9.90 Å². The van der Waals surface area contributed by atoms with E-state index in [0.717, 1.165) is 39.5 Å². The van der Waals surface area contributed by atoms with Crippen molar-refractivity contribution in [1.29, 1.82) is 0 Å². The number of thiocarbonyl (C=S) groups is 1. The molecule has 0 unspecified atom stereocenters. The number of carboxylic acid groups (broad SMARTS) is 1. The molecular formula is C29H28N4O2S. The van der Waals surface area contributed by atoms with Crippen LogP contribution in [0.2, 0.25) is 0 Å². The van der Waals surface area contributed by atoms with E-state index in [-0.39, 0.29) is 17.6 Å². The number of carbonyl (C=O) groups is 1. The number of aryl methyl sites for hydroxylation is 3. The highest BCUT2D eigenvalue weighted by molar-refractivity contribution is 7.80. The topological polar surface area (TPSA) is 70.4 Å². The number of rotatable bonds is 5.